The first-order valence-electron chi connectivity index (χ1n) is 9.34. The SMILES string of the molecule is O=C(Cn1c(C(=O)/C=C/c2ccc(Cl)c(Cl)c2)nc2ccccc21)c1ccc(Cl)cc1. The van der Waals surface area contributed by atoms with Crippen LogP contribution < -0.4 is 0 Å². The quantitative estimate of drug-likeness (QED) is 0.231. The minimum atomic E-state index is -0.328. The van der Waals surface area contributed by atoms with Crippen molar-refractivity contribution >= 4 is 63.5 Å². The number of hydrogen-bond acceptors (Lipinski definition) is 3. The van der Waals surface area contributed by atoms with Gasteiger partial charge in [0.05, 0.1) is 27.6 Å². The predicted octanol–water partition coefficient (Wildman–Crippen LogP) is 6.78. The van der Waals surface area contributed by atoms with Crippen LogP contribution in [0, 0.1) is 0 Å². The zero-order valence-corrected chi connectivity index (χ0v) is 18.3. The van der Waals surface area contributed by atoms with Crippen LogP contribution in [0.3, 0.4) is 0 Å². The summed E-state index contributed by atoms with van der Waals surface area (Å²) in [5.74, 6) is -0.298. The van der Waals surface area contributed by atoms with E-state index in [1.165, 1.54) is 6.08 Å². The molecule has 0 aliphatic carbocycles. The van der Waals surface area contributed by atoms with Crippen LogP contribution in [-0.2, 0) is 6.54 Å². The van der Waals surface area contributed by atoms with Gasteiger partial charge in [0.1, 0.15) is 0 Å². The molecular weight excluding hydrogens is 455 g/mol. The van der Waals surface area contributed by atoms with Gasteiger partial charge < -0.3 is 4.57 Å². The van der Waals surface area contributed by atoms with Gasteiger partial charge in [-0.25, -0.2) is 4.98 Å². The largest absolute Gasteiger partial charge is 0.313 e. The molecule has 0 atom stereocenters. The van der Waals surface area contributed by atoms with Gasteiger partial charge in [-0.15, -0.1) is 0 Å². The van der Waals surface area contributed by atoms with E-state index in [0.717, 1.165) is 5.56 Å². The first kappa shape index (κ1) is 21.3. The molecule has 7 heteroatoms. The number of hydrogen-bond donors (Lipinski definition) is 0. The normalized spacial score (nSPS) is 11.3. The van der Waals surface area contributed by atoms with Crippen LogP contribution in [0.1, 0.15) is 26.5 Å². The van der Waals surface area contributed by atoms with Gasteiger partial charge in [-0.05, 0) is 60.2 Å². The Morgan fingerprint density at radius 1 is 0.903 bits per heavy atom. The smallest absolute Gasteiger partial charge is 0.221 e. The maximum atomic E-state index is 13.0. The van der Waals surface area contributed by atoms with Crippen LogP contribution in [0.4, 0.5) is 0 Å². The Morgan fingerprint density at radius 2 is 1.65 bits per heavy atom. The first-order chi connectivity index (χ1) is 14.9. The van der Waals surface area contributed by atoms with E-state index in [-0.39, 0.29) is 23.9 Å². The molecule has 4 aromatic rings. The van der Waals surface area contributed by atoms with Crippen molar-refractivity contribution in [2.75, 3.05) is 0 Å². The summed E-state index contributed by atoms with van der Waals surface area (Å²) in [6, 6.07) is 19.0. The van der Waals surface area contributed by atoms with E-state index in [2.05, 4.69) is 4.98 Å². The molecular formula is C24H15Cl3N2O2. The number of allylic oxidation sites excluding steroid dienone is 1. The number of halogens is 3. The summed E-state index contributed by atoms with van der Waals surface area (Å²) in [7, 11) is 0. The standard InChI is InChI=1S/C24H15Cl3N2O2/c25-17-9-7-16(8-10-17)23(31)14-29-21-4-2-1-3-20(21)28-24(29)22(30)12-6-15-5-11-18(26)19(27)13-15/h1-13H,14H2/b12-6+. The van der Waals surface area contributed by atoms with Gasteiger partial charge in [0, 0.05) is 10.6 Å². The fraction of sp³-hybridized carbons (Fsp3) is 0.0417. The highest BCUT2D eigenvalue weighted by Crippen LogP contribution is 2.24. The number of carbonyl (C=O) groups excluding carboxylic acids is 2. The summed E-state index contributed by atoms with van der Waals surface area (Å²) in [6.45, 7) is -0.0240. The molecule has 4 rings (SSSR count). The molecule has 31 heavy (non-hydrogen) atoms. The van der Waals surface area contributed by atoms with Gasteiger partial charge >= 0.3 is 0 Å². The van der Waals surface area contributed by atoms with E-state index >= 15 is 0 Å². The Morgan fingerprint density at radius 3 is 2.39 bits per heavy atom. The molecule has 0 aliphatic heterocycles. The van der Waals surface area contributed by atoms with Crippen molar-refractivity contribution in [3.05, 3.63) is 105 Å². The molecule has 1 heterocycles. The predicted molar refractivity (Wildman–Crippen MR) is 125 cm³/mol. The molecule has 0 saturated carbocycles. The van der Waals surface area contributed by atoms with Gasteiger partial charge in [0.15, 0.2) is 11.6 Å². The molecule has 3 aromatic carbocycles. The Labute approximate surface area is 193 Å². The number of benzene rings is 3. The molecule has 0 fully saturated rings. The molecule has 0 radical (unpaired) electrons. The summed E-state index contributed by atoms with van der Waals surface area (Å²) in [5, 5.41) is 1.39. The van der Waals surface area contributed by atoms with Crippen molar-refractivity contribution in [1.82, 2.24) is 9.55 Å². The van der Waals surface area contributed by atoms with E-state index in [4.69, 9.17) is 34.8 Å². The number of rotatable bonds is 6. The molecule has 0 unspecified atom stereocenters. The van der Waals surface area contributed by atoms with Gasteiger partial charge in [0.2, 0.25) is 5.78 Å². The number of fused-ring (bicyclic) bond motifs is 1. The second-order valence-electron chi connectivity index (χ2n) is 6.81. The van der Waals surface area contributed by atoms with Crippen LogP contribution >= 0.6 is 34.8 Å². The average Bonchev–Trinajstić information content (AvgIpc) is 3.13. The number of nitrogens with zero attached hydrogens (tertiary/aromatic N) is 2. The third-order valence-electron chi connectivity index (χ3n) is 4.71. The highest BCUT2D eigenvalue weighted by atomic mass is 35.5. The molecule has 0 amide bonds. The fourth-order valence-corrected chi connectivity index (χ4v) is 3.59. The van der Waals surface area contributed by atoms with E-state index in [1.54, 1.807) is 59.2 Å². The molecule has 154 valence electrons. The lowest BCUT2D eigenvalue weighted by Gasteiger charge is -2.07. The molecule has 4 nitrogen and oxygen atoms in total. The fourth-order valence-electron chi connectivity index (χ4n) is 3.16. The van der Waals surface area contributed by atoms with Gasteiger partial charge in [-0.2, -0.15) is 0 Å². The van der Waals surface area contributed by atoms with Gasteiger partial charge in [-0.1, -0.05) is 59.1 Å². The Hall–Kier alpha value is -2.92. The van der Waals surface area contributed by atoms with E-state index in [1.807, 2.05) is 18.2 Å². The van der Waals surface area contributed by atoms with Crippen molar-refractivity contribution in [1.29, 1.82) is 0 Å². The number of imidazole rings is 1. The molecule has 1 aromatic heterocycles. The first-order valence-corrected chi connectivity index (χ1v) is 10.5. The molecule has 0 spiro atoms. The summed E-state index contributed by atoms with van der Waals surface area (Å²) < 4.78 is 1.63. The Kier molecular flexibility index (Phi) is 6.23. The molecule has 0 saturated heterocycles. The van der Waals surface area contributed by atoms with Crippen molar-refractivity contribution in [3.8, 4) is 0 Å². The monoisotopic (exact) mass is 468 g/mol. The Bertz CT molecular complexity index is 1320. The van der Waals surface area contributed by atoms with Crippen LogP contribution in [0.25, 0.3) is 17.1 Å². The number of Topliss-reactive ketones (excluding diaryl/α,β-unsaturated/α-hetero) is 1. The maximum Gasteiger partial charge on any atom is 0.221 e. The van der Waals surface area contributed by atoms with Crippen LogP contribution in [0.15, 0.2) is 72.8 Å². The minimum Gasteiger partial charge on any atom is -0.313 e. The van der Waals surface area contributed by atoms with Gasteiger partial charge in [0.25, 0.3) is 0 Å². The zero-order chi connectivity index (χ0) is 22.0. The van der Waals surface area contributed by atoms with Crippen molar-refractivity contribution in [2.24, 2.45) is 0 Å². The highest BCUT2D eigenvalue weighted by Gasteiger charge is 2.18. The van der Waals surface area contributed by atoms with Crippen molar-refractivity contribution in [3.63, 3.8) is 0 Å². The second kappa shape index (κ2) is 9.06. The lowest BCUT2D eigenvalue weighted by atomic mass is 10.1. The number of para-hydroxylation sites is 2. The third-order valence-corrected chi connectivity index (χ3v) is 5.70. The third kappa shape index (κ3) is 4.72. The van der Waals surface area contributed by atoms with E-state index < -0.39 is 0 Å². The van der Waals surface area contributed by atoms with E-state index in [0.29, 0.717) is 31.7 Å². The molecule has 0 aliphatic rings. The number of ketones is 2. The van der Waals surface area contributed by atoms with E-state index in [9.17, 15) is 9.59 Å². The summed E-state index contributed by atoms with van der Waals surface area (Å²) in [5.41, 5.74) is 2.57. The van der Waals surface area contributed by atoms with Crippen molar-refractivity contribution in [2.45, 2.75) is 6.54 Å². The second-order valence-corrected chi connectivity index (χ2v) is 8.06. The maximum absolute atomic E-state index is 13.0. The minimum absolute atomic E-state index is 0.0240. The molecule has 0 N–H and O–H groups in total. The summed E-state index contributed by atoms with van der Waals surface area (Å²) >= 11 is 17.9. The zero-order valence-electron chi connectivity index (χ0n) is 16.1. The summed E-state index contributed by atoms with van der Waals surface area (Å²) in [6.07, 6.45) is 3.04. The average molecular weight is 470 g/mol. The van der Waals surface area contributed by atoms with Crippen LogP contribution in [0.2, 0.25) is 15.1 Å². The van der Waals surface area contributed by atoms with Gasteiger partial charge in [-0.3, -0.25) is 9.59 Å². The van der Waals surface area contributed by atoms with Crippen LogP contribution in [-0.4, -0.2) is 21.1 Å². The summed E-state index contributed by atoms with van der Waals surface area (Å²) in [4.78, 5) is 30.3. The lowest BCUT2D eigenvalue weighted by molar-refractivity contribution is 0.0969. The van der Waals surface area contributed by atoms with Crippen LogP contribution in [0.5, 0.6) is 0 Å². The highest BCUT2D eigenvalue weighted by molar-refractivity contribution is 6.42. The molecule has 0 bridgehead atoms. The lowest BCUT2D eigenvalue weighted by Crippen LogP contribution is -2.15. The number of carbonyl (C=O) groups is 2. The topological polar surface area (TPSA) is 52.0 Å². The Balaban J connectivity index is 1.67. The number of aromatic nitrogens is 2. The van der Waals surface area contributed by atoms with Crippen molar-refractivity contribution < 1.29 is 9.59 Å².